The van der Waals surface area contributed by atoms with Gasteiger partial charge < -0.3 is 10.1 Å². The van der Waals surface area contributed by atoms with Crippen LogP contribution in [0.4, 0.5) is 0 Å². The second kappa shape index (κ2) is 4.94. The van der Waals surface area contributed by atoms with Crippen molar-refractivity contribution in [3.8, 4) is 5.75 Å². The van der Waals surface area contributed by atoms with E-state index in [0.29, 0.717) is 0 Å². The molecular formula is C15H18N2OS. The van der Waals surface area contributed by atoms with Crippen molar-refractivity contribution in [1.82, 2.24) is 10.3 Å². The number of benzene rings is 1. The minimum Gasteiger partial charge on any atom is -0.497 e. The third-order valence-electron chi connectivity index (χ3n) is 3.99. The third kappa shape index (κ3) is 1.95. The number of nitrogens with one attached hydrogen (secondary N) is 1. The number of ether oxygens (including phenoxy) is 1. The Hall–Kier alpha value is -1.39. The summed E-state index contributed by atoms with van der Waals surface area (Å²) in [6.07, 6.45) is 5.26. The summed E-state index contributed by atoms with van der Waals surface area (Å²) in [5.74, 6) is 0.935. The molecule has 1 atom stereocenters. The van der Waals surface area contributed by atoms with E-state index in [1.165, 1.54) is 17.5 Å². The summed E-state index contributed by atoms with van der Waals surface area (Å²) >= 11 is 1.72. The number of nitrogens with zero attached hydrogens (tertiary/aromatic N) is 1. The lowest BCUT2D eigenvalue weighted by atomic mass is 9.77. The minimum absolute atomic E-state index is 0.131. The average Bonchev–Trinajstić information content (AvgIpc) is 3.00. The van der Waals surface area contributed by atoms with Crippen LogP contribution in [0, 0.1) is 0 Å². The molecule has 0 aliphatic heterocycles. The first-order valence-corrected chi connectivity index (χ1v) is 7.44. The monoisotopic (exact) mass is 274 g/mol. The molecule has 0 saturated carbocycles. The molecule has 19 heavy (non-hydrogen) atoms. The van der Waals surface area contributed by atoms with Crippen LogP contribution in [0.2, 0.25) is 0 Å². The van der Waals surface area contributed by atoms with Crippen molar-refractivity contribution in [3.63, 3.8) is 0 Å². The zero-order chi connectivity index (χ0) is 13.3. The van der Waals surface area contributed by atoms with Crippen LogP contribution in [0.25, 0.3) is 0 Å². The van der Waals surface area contributed by atoms with Crippen molar-refractivity contribution in [2.45, 2.75) is 24.8 Å². The molecule has 1 unspecified atom stereocenters. The maximum atomic E-state index is 5.34. The van der Waals surface area contributed by atoms with E-state index in [1.54, 1.807) is 18.4 Å². The predicted octanol–water partition coefficient (Wildman–Crippen LogP) is 2.95. The van der Waals surface area contributed by atoms with Crippen LogP contribution in [-0.2, 0) is 12.0 Å². The number of aromatic nitrogens is 1. The van der Waals surface area contributed by atoms with Crippen LogP contribution in [0.1, 0.15) is 29.0 Å². The van der Waals surface area contributed by atoms with Gasteiger partial charge in [0.15, 0.2) is 0 Å². The Morgan fingerprint density at radius 1 is 1.42 bits per heavy atom. The summed E-state index contributed by atoms with van der Waals surface area (Å²) < 4.78 is 5.34. The first-order chi connectivity index (χ1) is 9.30. The van der Waals surface area contributed by atoms with Crippen LogP contribution >= 0.6 is 11.3 Å². The highest BCUT2D eigenvalue weighted by Gasteiger charge is 2.39. The molecular weight excluding hydrogens is 256 g/mol. The van der Waals surface area contributed by atoms with Gasteiger partial charge in [0, 0.05) is 11.6 Å². The zero-order valence-electron chi connectivity index (χ0n) is 11.3. The molecule has 2 aromatic rings. The third-order valence-corrected chi connectivity index (χ3v) is 4.93. The Bertz CT molecular complexity index is 568. The predicted molar refractivity (Wildman–Crippen MR) is 77.9 cm³/mol. The molecule has 1 aliphatic carbocycles. The van der Waals surface area contributed by atoms with E-state index in [0.717, 1.165) is 23.6 Å². The molecule has 0 amide bonds. The van der Waals surface area contributed by atoms with Crippen molar-refractivity contribution in [3.05, 3.63) is 45.9 Å². The molecule has 4 heteroatoms. The summed E-state index contributed by atoms with van der Waals surface area (Å²) in [4.78, 5) is 4.55. The SMILES string of the molecule is CNC1(c2nccs2)CCCc2cc(OC)ccc21. The van der Waals surface area contributed by atoms with E-state index in [1.807, 2.05) is 24.7 Å². The first-order valence-electron chi connectivity index (χ1n) is 6.56. The number of rotatable bonds is 3. The summed E-state index contributed by atoms with van der Waals surface area (Å²) in [6, 6.07) is 6.39. The molecule has 0 bridgehead atoms. The fraction of sp³-hybridized carbons (Fsp3) is 0.400. The van der Waals surface area contributed by atoms with Crippen LogP contribution in [0.3, 0.4) is 0 Å². The molecule has 1 aliphatic rings. The summed E-state index contributed by atoms with van der Waals surface area (Å²) in [5.41, 5.74) is 2.58. The largest absolute Gasteiger partial charge is 0.497 e. The highest BCUT2D eigenvalue weighted by Crippen LogP contribution is 2.42. The molecule has 1 heterocycles. The second-order valence-electron chi connectivity index (χ2n) is 4.87. The van der Waals surface area contributed by atoms with Gasteiger partial charge in [-0.25, -0.2) is 4.98 Å². The molecule has 0 spiro atoms. The molecule has 1 aromatic heterocycles. The second-order valence-corrected chi connectivity index (χ2v) is 5.76. The van der Waals surface area contributed by atoms with Gasteiger partial charge in [-0.3, -0.25) is 0 Å². The van der Waals surface area contributed by atoms with Crippen LogP contribution in [0.15, 0.2) is 29.8 Å². The number of methoxy groups -OCH3 is 1. The number of aryl methyl sites for hydroxylation is 1. The summed E-state index contributed by atoms with van der Waals surface area (Å²) in [6.45, 7) is 0. The van der Waals surface area contributed by atoms with Crippen LogP contribution < -0.4 is 10.1 Å². The van der Waals surface area contributed by atoms with Gasteiger partial charge in [0.25, 0.3) is 0 Å². The van der Waals surface area contributed by atoms with E-state index in [9.17, 15) is 0 Å². The van der Waals surface area contributed by atoms with Crippen molar-refractivity contribution in [1.29, 1.82) is 0 Å². The van der Waals surface area contributed by atoms with Gasteiger partial charge in [-0.15, -0.1) is 11.3 Å². The van der Waals surface area contributed by atoms with Gasteiger partial charge in [-0.05, 0) is 49.6 Å². The van der Waals surface area contributed by atoms with Gasteiger partial charge in [0.05, 0.1) is 12.6 Å². The van der Waals surface area contributed by atoms with E-state index >= 15 is 0 Å². The van der Waals surface area contributed by atoms with Gasteiger partial charge in [0.2, 0.25) is 0 Å². The van der Waals surface area contributed by atoms with Crippen molar-refractivity contribution >= 4 is 11.3 Å². The number of hydrogen-bond donors (Lipinski definition) is 1. The molecule has 1 aromatic carbocycles. The Balaban J connectivity index is 2.15. The molecule has 3 rings (SSSR count). The molecule has 0 fully saturated rings. The van der Waals surface area contributed by atoms with Gasteiger partial charge in [0.1, 0.15) is 10.8 Å². The van der Waals surface area contributed by atoms with Crippen molar-refractivity contribution in [2.75, 3.05) is 14.2 Å². The molecule has 0 radical (unpaired) electrons. The molecule has 3 nitrogen and oxygen atoms in total. The standard InChI is InChI=1S/C15H18N2OS/c1-16-15(14-17-8-9-19-14)7-3-4-11-10-12(18-2)5-6-13(11)15/h5-6,8-10,16H,3-4,7H2,1-2H3. The lowest BCUT2D eigenvalue weighted by Crippen LogP contribution is -2.43. The molecule has 1 N–H and O–H groups in total. The highest BCUT2D eigenvalue weighted by atomic mass is 32.1. The van der Waals surface area contributed by atoms with Crippen LogP contribution in [-0.4, -0.2) is 19.1 Å². The van der Waals surface area contributed by atoms with Gasteiger partial charge >= 0.3 is 0 Å². The van der Waals surface area contributed by atoms with E-state index in [2.05, 4.69) is 22.4 Å². The van der Waals surface area contributed by atoms with E-state index in [4.69, 9.17) is 4.74 Å². The average molecular weight is 274 g/mol. The van der Waals surface area contributed by atoms with E-state index < -0.39 is 0 Å². The summed E-state index contributed by atoms with van der Waals surface area (Å²) in [7, 11) is 3.75. The Labute approximate surface area is 117 Å². The first kappa shape index (κ1) is 12.6. The Morgan fingerprint density at radius 3 is 3.00 bits per heavy atom. The Kier molecular flexibility index (Phi) is 3.29. The van der Waals surface area contributed by atoms with Crippen molar-refractivity contribution in [2.24, 2.45) is 0 Å². The lowest BCUT2D eigenvalue weighted by Gasteiger charge is -2.37. The van der Waals surface area contributed by atoms with E-state index in [-0.39, 0.29) is 5.54 Å². The highest BCUT2D eigenvalue weighted by molar-refractivity contribution is 7.09. The molecule has 100 valence electrons. The number of thiazole rings is 1. The van der Waals surface area contributed by atoms with Gasteiger partial charge in [-0.2, -0.15) is 0 Å². The lowest BCUT2D eigenvalue weighted by molar-refractivity contribution is 0.365. The fourth-order valence-electron chi connectivity index (χ4n) is 3.02. The van der Waals surface area contributed by atoms with Gasteiger partial charge in [-0.1, -0.05) is 6.07 Å². The fourth-order valence-corrected chi connectivity index (χ4v) is 3.91. The Morgan fingerprint density at radius 2 is 2.32 bits per heavy atom. The maximum Gasteiger partial charge on any atom is 0.119 e. The zero-order valence-corrected chi connectivity index (χ0v) is 12.1. The summed E-state index contributed by atoms with van der Waals surface area (Å²) in [5, 5.41) is 6.72. The van der Waals surface area contributed by atoms with Crippen molar-refractivity contribution < 1.29 is 4.74 Å². The minimum atomic E-state index is -0.131. The van der Waals surface area contributed by atoms with Crippen LogP contribution in [0.5, 0.6) is 5.75 Å². The number of hydrogen-bond acceptors (Lipinski definition) is 4. The number of fused-ring (bicyclic) bond motifs is 1. The topological polar surface area (TPSA) is 34.2 Å². The quantitative estimate of drug-likeness (QED) is 0.934. The smallest absolute Gasteiger partial charge is 0.119 e. The normalized spacial score (nSPS) is 22.0. The maximum absolute atomic E-state index is 5.34. The molecule has 0 saturated heterocycles.